The van der Waals surface area contributed by atoms with E-state index >= 15 is 0 Å². The molecule has 1 aromatic heterocycles. The van der Waals surface area contributed by atoms with Gasteiger partial charge in [0.1, 0.15) is 5.84 Å². The van der Waals surface area contributed by atoms with Crippen LogP contribution in [0.1, 0.15) is 19.4 Å². The molecule has 0 atom stereocenters. The maximum Gasteiger partial charge on any atom is 0.145 e. The minimum atomic E-state index is 0.214. The summed E-state index contributed by atoms with van der Waals surface area (Å²) < 4.78 is 1.71. The Morgan fingerprint density at radius 2 is 2.38 bits per heavy atom. The summed E-state index contributed by atoms with van der Waals surface area (Å²) in [6.07, 6.45) is 3.59. The zero-order valence-corrected chi connectivity index (χ0v) is 8.15. The predicted octanol–water partition coefficient (Wildman–Crippen LogP) is 0.0384. The van der Waals surface area contributed by atoms with Gasteiger partial charge < -0.3 is 5.43 Å². The van der Waals surface area contributed by atoms with Crippen molar-refractivity contribution in [3.05, 3.63) is 18.0 Å². The van der Waals surface area contributed by atoms with Crippen molar-refractivity contribution in [2.75, 3.05) is 0 Å². The lowest BCUT2D eigenvalue weighted by Gasteiger charge is -2.04. The smallest absolute Gasteiger partial charge is 0.145 e. The summed E-state index contributed by atoms with van der Waals surface area (Å²) >= 11 is 0. The molecule has 0 bridgehead atoms. The number of hydrogen-bond donors (Lipinski definition) is 2. The lowest BCUT2D eigenvalue weighted by molar-refractivity contribution is 0.767. The van der Waals surface area contributed by atoms with Gasteiger partial charge in [0.25, 0.3) is 0 Å². The summed E-state index contributed by atoms with van der Waals surface area (Å²) in [4.78, 5) is 4.31. The fourth-order valence-electron chi connectivity index (χ4n) is 0.997. The standard InChI is InChI=1S/C8H15N5/c1-6(2)11-8(12-9)7-4-10-13(3)5-7/h4-6H,9H2,1-3H3,(H,11,12). The van der Waals surface area contributed by atoms with Crippen molar-refractivity contribution in [2.24, 2.45) is 17.9 Å². The van der Waals surface area contributed by atoms with Gasteiger partial charge in [-0.15, -0.1) is 0 Å². The maximum atomic E-state index is 5.34. The second-order valence-corrected chi connectivity index (χ2v) is 3.12. The van der Waals surface area contributed by atoms with Crippen LogP contribution in [0.4, 0.5) is 0 Å². The number of amidine groups is 1. The van der Waals surface area contributed by atoms with Crippen molar-refractivity contribution >= 4 is 5.84 Å². The van der Waals surface area contributed by atoms with Crippen LogP contribution in [0.5, 0.6) is 0 Å². The van der Waals surface area contributed by atoms with Gasteiger partial charge in [-0.05, 0) is 13.8 Å². The van der Waals surface area contributed by atoms with Crippen LogP contribution < -0.4 is 11.3 Å². The normalized spacial score (nSPS) is 12.2. The molecule has 0 aromatic carbocycles. The molecule has 0 fully saturated rings. The number of aliphatic imine (C=N–C) groups is 1. The third-order valence-electron chi connectivity index (χ3n) is 1.50. The Hall–Kier alpha value is -1.36. The third-order valence-corrected chi connectivity index (χ3v) is 1.50. The number of nitrogens with one attached hydrogen (secondary N) is 1. The van der Waals surface area contributed by atoms with E-state index in [0.29, 0.717) is 5.84 Å². The van der Waals surface area contributed by atoms with Crippen molar-refractivity contribution in [2.45, 2.75) is 19.9 Å². The van der Waals surface area contributed by atoms with Gasteiger partial charge in [0.05, 0.1) is 11.8 Å². The molecule has 5 nitrogen and oxygen atoms in total. The highest BCUT2D eigenvalue weighted by Crippen LogP contribution is 1.98. The minimum absolute atomic E-state index is 0.214. The Morgan fingerprint density at radius 3 is 2.77 bits per heavy atom. The van der Waals surface area contributed by atoms with Crippen molar-refractivity contribution in [1.29, 1.82) is 0 Å². The first-order chi connectivity index (χ1) is 6.13. The fraction of sp³-hybridized carbons (Fsp3) is 0.500. The molecule has 0 aliphatic heterocycles. The summed E-state index contributed by atoms with van der Waals surface area (Å²) in [5, 5.41) is 4.03. The number of hydrogen-bond acceptors (Lipinski definition) is 3. The monoisotopic (exact) mass is 181 g/mol. The van der Waals surface area contributed by atoms with Crippen LogP contribution in [0.25, 0.3) is 0 Å². The SMILES string of the molecule is CC(C)N=C(NN)c1cnn(C)c1. The summed E-state index contributed by atoms with van der Waals surface area (Å²) in [7, 11) is 1.85. The lowest BCUT2D eigenvalue weighted by Crippen LogP contribution is -2.31. The van der Waals surface area contributed by atoms with E-state index in [9.17, 15) is 0 Å². The second kappa shape index (κ2) is 4.04. The molecule has 0 aliphatic carbocycles. The van der Waals surface area contributed by atoms with E-state index in [0.717, 1.165) is 5.56 Å². The van der Waals surface area contributed by atoms with Crippen LogP contribution in [0.3, 0.4) is 0 Å². The van der Waals surface area contributed by atoms with E-state index in [1.807, 2.05) is 27.1 Å². The zero-order valence-electron chi connectivity index (χ0n) is 8.15. The highest BCUT2D eigenvalue weighted by atomic mass is 15.3. The van der Waals surface area contributed by atoms with Crippen molar-refractivity contribution < 1.29 is 0 Å². The van der Waals surface area contributed by atoms with Gasteiger partial charge in [-0.2, -0.15) is 5.10 Å². The topological polar surface area (TPSA) is 68.2 Å². The van der Waals surface area contributed by atoms with Crippen LogP contribution in [0.2, 0.25) is 0 Å². The highest BCUT2D eigenvalue weighted by Gasteiger charge is 2.04. The van der Waals surface area contributed by atoms with Gasteiger partial charge >= 0.3 is 0 Å². The number of aromatic nitrogens is 2. The molecule has 1 rings (SSSR count). The summed E-state index contributed by atoms with van der Waals surface area (Å²) in [6, 6.07) is 0.214. The Balaban J connectivity index is 2.90. The van der Waals surface area contributed by atoms with Crippen LogP contribution in [-0.2, 0) is 7.05 Å². The molecule has 0 spiro atoms. The van der Waals surface area contributed by atoms with Crippen molar-refractivity contribution in [3.8, 4) is 0 Å². The fourth-order valence-corrected chi connectivity index (χ4v) is 0.997. The summed E-state index contributed by atoms with van der Waals surface area (Å²) in [5.74, 6) is 6.01. The first-order valence-electron chi connectivity index (χ1n) is 4.17. The van der Waals surface area contributed by atoms with Gasteiger partial charge in [-0.25, -0.2) is 5.84 Å². The Morgan fingerprint density at radius 1 is 1.69 bits per heavy atom. The number of nitrogens with zero attached hydrogens (tertiary/aromatic N) is 3. The molecule has 3 N–H and O–H groups in total. The molecule has 0 unspecified atom stereocenters. The first kappa shape index (κ1) is 9.73. The van der Waals surface area contributed by atoms with Crippen LogP contribution in [0.15, 0.2) is 17.4 Å². The number of hydrazine groups is 1. The molecule has 0 aliphatic rings. The third kappa shape index (κ3) is 2.55. The van der Waals surface area contributed by atoms with E-state index < -0.39 is 0 Å². The highest BCUT2D eigenvalue weighted by molar-refractivity contribution is 5.98. The predicted molar refractivity (Wildman–Crippen MR) is 52.2 cm³/mol. The molecular formula is C8H15N5. The van der Waals surface area contributed by atoms with E-state index in [1.165, 1.54) is 0 Å². The zero-order chi connectivity index (χ0) is 9.84. The van der Waals surface area contributed by atoms with Gasteiger partial charge in [0, 0.05) is 19.3 Å². The van der Waals surface area contributed by atoms with E-state index in [-0.39, 0.29) is 6.04 Å². The van der Waals surface area contributed by atoms with Gasteiger partial charge in [0.2, 0.25) is 0 Å². The molecule has 0 radical (unpaired) electrons. The lowest BCUT2D eigenvalue weighted by atomic mass is 10.3. The van der Waals surface area contributed by atoms with Gasteiger partial charge in [-0.3, -0.25) is 9.67 Å². The van der Waals surface area contributed by atoms with Gasteiger partial charge in [-0.1, -0.05) is 0 Å². The molecule has 13 heavy (non-hydrogen) atoms. The van der Waals surface area contributed by atoms with Crippen molar-refractivity contribution in [3.63, 3.8) is 0 Å². The van der Waals surface area contributed by atoms with Gasteiger partial charge in [0.15, 0.2) is 0 Å². The number of nitrogens with two attached hydrogens (primary N) is 1. The molecule has 0 saturated heterocycles. The number of rotatable bonds is 2. The average Bonchev–Trinajstić information content (AvgIpc) is 2.47. The van der Waals surface area contributed by atoms with E-state index in [1.54, 1.807) is 10.9 Å². The average molecular weight is 181 g/mol. The van der Waals surface area contributed by atoms with E-state index in [2.05, 4.69) is 15.5 Å². The second-order valence-electron chi connectivity index (χ2n) is 3.12. The molecule has 5 heteroatoms. The largest absolute Gasteiger partial charge is 0.308 e. The Kier molecular flexibility index (Phi) is 3.02. The van der Waals surface area contributed by atoms with Crippen LogP contribution in [-0.4, -0.2) is 21.7 Å². The van der Waals surface area contributed by atoms with Crippen molar-refractivity contribution in [1.82, 2.24) is 15.2 Å². The molecule has 0 amide bonds. The van der Waals surface area contributed by atoms with Crippen LogP contribution in [0, 0.1) is 0 Å². The molecule has 1 heterocycles. The quantitative estimate of drug-likeness (QED) is 0.293. The molecule has 1 aromatic rings. The molecule has 72 valence electrons. The molecule has 0 saturated carbocycles. The summed E-state index contributed by atoms with van der Waals surface area (Å²) in [5.41, 5.74) is 3.46. The summed E-state index contributed by atoms with van der Waals surface area (Å²) in [6.45, 7) is 3.99. The van der Waals surface area contributed by atoms with Crippen LogP contribution >= 0.6 is 0 Å². The minimum Gasteiger partial charge on any atom is -0.308 e. The molecular weight excluding hydrogens is 166 g/mol. The maximum absolute atomic E-state index is 5.34. The number of aryl methyl sites for hydroxylation is 1. The first-order valence-corrected chi connectivity index (χ1v) is 4.17. The van der Waals surface area contributed by atoms with E-state index in [4.69, 9.17) is 5.84 Å². The Bertz CT molecular complexity index is 299. The Labute approximate surface area is 77.6 Å².